The minimum atomic E-state index is -0.491. The molecule has 1 aliphatic rings. The van der Waals surface area contributed by atoms with Crippen LogP contribution in [0.4, 0.5) is 0 Å². The first-order valence-electron chi connectivity index (χ1n) is 11.6. The average Bonchev–Trinajstić information content (AvgIpc) is 3.42. The van der Waals surface area contributed by atoms with Crippen molar-refractivity contribution in [2.45, 2.75) is 46.1 Å². The predicted molar refractivity (Wildman–Crippen MR) is 132 cm³/mol. The van der Waals surface area contributed by atoms with Crippen molar-refractivity contribution in [2.75, 3.05) is 13.6 Å². The minimum Gasteiger partial charge on any atom is -0.473 e. The maximum atomic E-state index is 10.0. The number of aromatic amines is 1. The molecule has 3 aromatic heterocycles. The van der Waals surface area contributed by atoms with E-state index >= 15 is 0 Å². The van der Waals surface area contributed by atoms with Crippen LogP contribution >= 0.6 is 0 Å². The summed E-state index contributed by atoms with van der Waals surface area (Å²) < 4.78 is 10.1. The highest BCUT2D eigenvalue weighted by atomic mass is 16.5. The molecule has 2 unspecified atom stereocenters. The first-order chi connectivity index (χ1) is 16.3. The van der Waals surface area contributed by atoms with Crippen molar-refractivity contribution in [1.82, 2.24) is 34.7 Å². The maximum absolute atomic E-state index is 10.0. The fourth-order valence-corrected chi connectivity index (χ4v) is 4.67. The standard InChI is InChI=1S/C25H31N7O2/c1-15(33)12-32-24-14-30(4)13-16(2)34-25-21(11-26-31(25)5)18-6-8-22-20(10-18)23(28-27-22)9-7-19(24)17(3)29-32/h6-11,15-16,33H,12-14H2,1-5H3,(H,27,28)/b9-7+. The molecule has 4 aromatic rings. The lowest BCUT2D eigenvalue weighted by molar-refractivity contribution is 0.143. The van der Waals surface area contributed by atoms with E-state index in [1.165, 1.54) is 0 Å². The van der Waals surface area contributed by atoms with Crippen LogP contribution in [-0.2, 0) is 20.1 Å². The number of nitrogens with one attached hydrogen (secondary N) is 1. The number of aryl methyl sites for hydroxylation is 2. The molecule has 9 nitrogen and oxygen atoms in total. The summed E-state index contributed by atoms with van der Waals surface area (Å²) in [5.74, 6) is 0.742. The Kier molecular flexibility index (Phi) is 5.75. The lowest BCUT2D eigenvalue weighted by Crippen LogP contribution is -2.32. The van der Waals surface area contributed by atoms with Gasteiger partial charge in [0.2, 0.25) is 5.88 Å². The van der Waals surface area contributed by atoms with E-state index < -0.39 is 6.10 Å². The number of nitrogens with zero attached hydrogens (tertiary/aromatic N) is 6. The van der Waals surface area contributed by atoms with Gasteiger partial charge in [0.15, 0.2) is 0 Å². The summed E-state index contributed by atoms with van der Waals surface area (Å²) in [6.45, 7) is 7.69. The van der Waals surface area contributed by atoms with Gasteiger partial charge in [0.05, 0.1) is 47.0 Å². The van der Waals surface area contributed by atoms with E-state index in [4.69, 9.17) is 9.84 Å². The Morgan fingerprint density at radius 1 is 1.26 bits per heavy atom. The molecule has 0 aliphatic carbocycles. The molecule has 5 rings (SSSR count). The van der Waals surface area contributed by atoms with Gasteiger partial charge in [0.1, 0.15) is 6.10 Å². The van der Waals surface area contributed by atoms with E-state index in [0.29, 0.717) is 19.6 Å². The van der Waals surface area contributed by atoms with Gasteiger partial charge in [0.25, 0.3) is 0 Å². The molecule has 1 aromatic carbocycles. The number of ether oxygens (including phenoxy) is 1. The van der Waals surface area contributed by atoms with Crippen molar-refractivity contribution in [3.63, 3.8) is 0 Å². The normalized spacial score (nSPS) is 18.7. The highest BCUT2D eigenvalue weighted by Gasteiger charge is 2.21. The second-order valence-corrected chi connectivity index (χ2v) is 9.29. The summed E-state index contributed by atoms with van der Waals surface area (Å²) in [7, 11) is 3.98. The van der Waals surface area contributed by atoms with Crippen molar-refractivity contribution in [3.05, 3.63) is 47.0 Å². The Morgan fingerprint density at radius 3 is 2.88 bits per heavy atom. The molecular weight excluding hydrogens is 430 g/mol. The van der Waals surface area contributed by atoms with Crippen LogP contribution in [-0.4, -0.2) is 65.6 Å². The number of hydrogen-bond acceptors (Lipinski definition) is 6. The molecule has 34 heavy (non-hydrogen) atoms. The SMILES string of the molecule is Cc1nn(CC(C)O)c2c1/C=C/c1[nH]nc3ccc(cc13)-c1cnn(C)c1OC(C)CN(C)C2. The number of aliphatic hydroxyl groups is 1. The van der Waals surface area contributed by atoms with Crippen LogP contribution in [0, 0.1) is 6.92 Å². The van der Waals surface area contributed by atoms with E-state index in [9.17, 15) is 5.11 Å². The maximum Gasteiger partial charge on any atom is 0.219 e. The molecule has 0 radical (unpaired) electrons. The third-order valence-electron chi connectivity index (χ3n) is 6.22. The second kappa shape index (κ2) is 8.73. The van der Waals surface area contributed by atoms with Crippen LogP contribution in [0.5, 0.6) is 5.88 Å². The van der Waals surface area contributed by atoms with Crippen LogP contribution in [0.25, 0.3) is 34.2 Å². The molecule has 4 heterocycles. The van der Waals surface area contributed by atoms with E-state index in [0.717, 1.165) is 50.6 Å². The molecule has 2 bridgehead atoms. The van der Waals surface area contributed by atoms with E-state index in [2.05, 4.69) is 58.5 Å². The summed E-state index contributed by atoms with van der Waals surface area (Å²) in [5, 5.41) is 27.9. The molecule has 0 amide bonds. The van der Waals surface area contributed by atoms with Gasteiger partial charge in [-0.05, 0) is 57.7 Å². The molecule has 2 N–H and O–H groups in total. The van der Waals surface area contributed by atoms with E-state index in [-0.39, 0.29) is 6.10 Å². The predicted octanol–water partition coefficient (Wildman–Crippen LogP) is 3.23. The highest BCUT2D eigenvalue weighted by molar-refractivity contribution is 5.93. The Labute approximate surface area is 198 Å². The lowest BCUT2D eigenvalue weighted by Gasteiger charge is -2.23. The number of likely N-dealkylation sites (N-methyl/N-ethyl adjacent to an activating group) is 1. The lowest BCUT2D eigenvalue weighted by atomic mass is 10.0. The second-order valence-electron chi connectivity index (χ2n) is 9.29. The molecule has 0 saturated heterocycles. The molecule has 9 heteroatoms. The zero-order valence-corrected chi connectivity index (χ0v) is 20.3. The Balaban J connectivity index is 1.67. The van der Waals surface area contributed by atoms with E-state index in [1.54, 1.807) is 11.6 Å². The third kappa shape index (κ3) is 4.12. The largest absolute Gasteiger partial charge is 0.473 e. The van der Waals surface area contributed by atoms with Crippen molar-refractivity contribution in [3.8, 4) is 17.0 Å². The molecule has 178 valence electrons. The fraction of sp³-hybridized carbons (Fsp3) is 0.400. The Bertz CT molecular complexity index is 1360. The smallest absolute Gasteiger partial charge is 0.219 e. The van der Waals surface area contributed by atoms with Gasteiger partial charge in [0, 0.05) is 31.1 Å². The molecular formula is C25H31N7O2. The zero-order valence-electron chi connectivity index (χ0n) is 20.3. The minimum absolute atomic E-state index is 0.0641. The van der Waals surface area contributed by atoms with Crippen LogP contribution in [0.1, 0.15) is 36.5 Å². The number of fused-ring (bicyclic) bond motifs is 4. The number of hydrogen-bond donors (Lipinski definition) is 2. The summed E-state index contributed by atoms with van der Waals surface area (Å²) in [4.78, 5) is 2.22. The van der Waals surface area contributed by atoms with Gasteiger partial charge in [-0.15, -0.1) is 0 Å². The fourth-order valence-electron chi connectivity index (χ4n) is 4.67. The van der Waals surface area contributed by atoms with Crippen molar-refractivity contribution in [1.29, 1.82) is 0 Å². The van der Waals surface area contributed by atoms with Crippen molar-refractivity contribution < 1.29 is 9.84 Å². The zero-order chi connectivity index (χ0) is 24.0. The molecule has 2 atom stereocenters. The van der Waals surface area contributed by atoms with Crippen molar-refractivity contribution in [2.24, 2.45) is 7.05 Å². The van der Waals surface area contributed by atoms with Crippen molar-refractivity contribution >= 4 is 23.1 Å². The Morgan fingerprint density at radius 2 is 2.09 bits per heavy atom. The van der Waals surface area contributed by atoms with Crippen LogP contribution in [0.2, 0.25) is 0 Å². The van der Waals surface area contributed by atoms with Gasteiger partial charge in [-0.25, -0.2) is 4.68 Å². The van der Waals surface area contributed by atoms with Gasteiger partial charge in [-0.1, -0.05) is 6.07 Å². The van der Waals surface area contributed by atoms with Gasteiger partial charge in [-0.3, -0.25) is 14.7 Å². The summed E-state index contributed by atoms with van der Waals surface area (Å²) in [5.41, 5.74) is 6.85. The third-order valence-corrected chi connectivity index (χ3v) is 6.22. The Hall–Kier alpha value is -3.43. The number of benzene rings is 1. The van der Waals surface area contributed by atoms with Crippen LogP contribution in [0.15, 0.2) is 24.4 Å². The number of aromatic nitrogens is 6. The van der Waals surface area contributed by atoms with Crippen LogP contribution in [0.3, 0.4) is 0 Å². The first-order valence-corrected chi connectivity index (χ1v) is 11.6. The van der Waals surface area contributed by atoms with Gasteiger partial charge >= 0.3 is 0 Å². The van der Waals surface area contributed by atoms with E-state index in [1.807, 2.05) is 30.9 Å². The summed E-state index contributed by atoms with van der Waals surface area (Å²) in [6.07, 6.45) is 5.45. The summed E-state index contributed by atoms with van der Waals surface area (Å²) >= 11 is 0. The van der Waals surface area contributed by atoms with Gasteiger partial charge in [-0.2, -0.15) is 15.3 Å². The number of H-pyrrole nitrogens is 1. The molecule has 1 aliphatic heterocycles. The van der Waals surface area contributed by atoms with Gasteiger partial charge < -0.3 is 9.84 Å². The highest BCUT2D eigenvalue weighted by Crippen LogP contribution is 2.33. The number of aliphatic hydroxyl groups excluding tert-OH is 1. The quantitative estimate of drug-likeness (QED) is 0.476. The first kappa shape index (κ1) is 22.4. The average molecular weight is 462 g/mol. The summed E-state index contributed by atoms with van der Waals surface area (Å²) in [6, 6.07) is 6.20. The molecule has 0 fully saturated rings. The number of rotatable bonds is 2. The molecule has 0 saturated carbocycles. The monoisotopic (exact) mass is 461 g/mol. The topological polar surface area (TPSA) is 97.0 Å². The molecule has 0 spiro atoms. The van der Waals surface area contributed by atoms with Crippen LogP contribution < -0.4 is 4.74 Å².